The van der Waals surface area contributed by atoms with Crippen molar-refractivity contribution in [3.63, 3.8) is 0 Å². The largest absolute Gasteiger partial charge is 1.00 e. The predicted octanol–water partition coefficient (Wildman–Crippen LogP) is 1.23. The molecule has 0 saturated heterocycles. The average molecular weight is 389 g/mol. The van der Waals surface area contributed by atoms with Gasteiger partial charge < -0.3 is 21.7 Å². The number of imidazole rings is 1. The van der Waals surface area contributed by atoms with Crippen LogP contribution in [0.2, 0.25) is 0 Å². The van der Waals surface area contributed by atoms with Crippen molar-refractivity contribution in [2.75, 3.05) is 0 Å². The van der Waals surface area contributed by atoms with Crippen LogP contribution in [0.25, 0.3) is 5.65 Å². The molecule has 2 heterocycles. The second-order valence-electron chi connectivity index (χ2n) is 6.02. The van der Waals surface area contributed by atoms with Gasteiger partial charge in [-0.3, -0.25) is 0 Å². The van der Waals surface area contributed by atoms with Crippen LogP contribution in [-0.4, -0.2) is 4.40 Å². The van der Waals surface area contributed by atoms with Crippen molar-refractivity contribution in [2.45, 2.75) is 46.8 Å². The lowest BCUT2D eigenvalue weighted by Gasteiger charge is -2.07. The van der Waals surface area contributed by atoms with Gasteiger partial charge in [0.2, 0.25) is 5.75 Å². The molecule has 3 rings (SSSR count). The van der Waals surface area contributed by atoms with Gasteiger partial charge in [-0.15, -0.1) is 0 Å². The minimum absolute atomic E-state index is 0. The Labute approximate surface area is 154 Å². The third kappa shape index (κ3) is 3.64. The Morgan fingerprint density at radius 1 is 1.04 bits per heavy atom. The van der Waals surface area contributed by atoms with Gasteiger partial charge in [-0.1, -0.05) is 43.7 Å². The van der Waals surface area contributed by atoms with E-state index in [2.05, 4.69) is 60.2 Å². The van der Waals surface area contributed by atoms with Crippen molar-refractivity contribution < 1.29 is 26.3 Å². The zero-order valence-electron chi connectivity index (χ0n) is 14.6. The highest BCUT2D eigenvalue weighted by Gasteiger charge is 2.23. The van der Waals surface area contributed by atoms with Gasteiger partial charge in [-0.05, 0) is 24.1 Å². The second kappa shape index (κ2) is 8.34. The van der Waals surface area contributed by atoms with Crippen molar-refractivity contribution in [3.05, 3.63) is 65.6 Å². The van der Waals surface area contributed by atoms with E-state index in [4.69, 9.17) is 4.74 Å². The van der Waals surface area contributed by atoms with Crippen molar-refractivity contribution >= 4 is 5.65 Å². The topological polar surface area (TPSA) is 17.5 Å². The molecule has 24 heavy (non-hydrogen) atoms. The lowest BCUT2D eigenvalue weighted by Crippen LogP contribution is -3.00. The van der Waals surface area contributed by atoms with E-state index in [-0.39, 0.29) is 17.0 Å². The highest BCUT2D eigenvalue weighted by atomic mass is 79.9. The summed E-state index contributed by atoms with van der Waals surface area (Å²) in [5, 5.41) is 0. The number of aromatic nitrogens is 2. The summed E-state index contributed by atoms with van der Waals surface area (Å²) in [6, 6.07) is 14.4. The van der Waals surface area contributed by atoms with Crippen LogP contribution in [0.15, 0.2) is 48.7 Å². The summed E-state index contributed by atoms with van der Waals surface area (Å²) in [6.45, 7) is 8.22. The van der Waals surface area contributed by atoms with Crippen LogP contribution < -0.4 is 26.3 Å². The Morgan fingerprint density at radius 3 is 2.50 bits per heavy atom. The first-order valence-corrected chi connectivity index (χ1v) is 8.39. The Kier molecular flexibility index (Phi) is 6.44. The molecular formula is C20H25BrN2O. The van der Waals surface area contributed by atoms with E-state index >= 15 is 0 Å². The van der Waals surface area contributed by atoms with Gasteiger partial charge >= 0.3 is 5.65 Å². The molecule has 0 unspecified atom stereocenters. The molecule has 3 nitrogen and oxygen atoms in total. The fraction of sp³-hybridized carbons (Fsp3) is 0.350. The molecule has 0 atom stereocenters. The molecule has 0 N–H and O–H groups in total. The van der Waals surface area contributed by atoms with E-state index in [0.717, 1.165) is 17.9 Å². The zero-order valence-corrected chi connectivity index (χ0v) is 16.2. The lowest BCUT2D eigenvalue weighted by atomic mass is 10.2. The maximum atomic E-state index is 6.15. The fourth-order valence-corrected chi connectivity index (χ4v) is 2.98. The molecule has 0 aliphatic carbocycles. The van der Waals surface area contributed by atoms with Crippen LogP contribution in [0.5, 0.6) is 5.75 Å². The minimum atomic E-state index is 0. The van der Waals surface area contributed by atoms with Gasteiger partial charge in [0.1, 0.15) is 18.0 Å². The van der Waals surface area contributed by atoms with Gasteiger partial charge in [-0.25, -0.2) is 4.57 Å². The number of unbranched alkanes of at least 4 members (excludes halogenated alkanes) is 1. The fourth-order valence-electron chi connectivity index (χ4n) is 2.98. The van der Waals surface area contributed by atoms with Crippen molar-refractivity contribution in [1.82, 2.24) is 4.40 Å². The van der Waals surface area contributed by atoms with Crippen LogP contribution in [-0.2, 0) is 13.2 Å². The van der Waals surface area contributed by atoms with Crippen LogP contribution in [0.4, 0.5) is 0 Å². The maximum Gasteiger partial charge on any atom is 0.329 e. The molecule has 128 valence electrons. The Hall–Kier alpha value is -1.81. The standard InChI is InChI=1S/C20H25N2O.BrH/c1-4-5-13-21-16(2)17(3)22-14-9-12-19(20(21)22)23-15-18-10-7-6-8-11-18;/h6-12,14H,4-5,13,15H2,1-3H3;1H/q+1;/p-1. The van der Waals surface area contributed by atoms with E-state index in [1.807, 2.05) is 18.2 Å². The number of aryl methyl sites for hydroxylation is 2. The average Bonchev–Trinajstić information content (AvgIpc) is 2.84. The second-order valence-corrected chi connectivity index (χ2v) is 6.02. The molecule has 1 aromatic carbocycles. The Bertz CT molecular complexity index is 796. The van der Waals surface area contributed by atoms with Gasteiger partial charge in [0, 0.05) is 13.8 Å². The summed E-state index contributed by atoms with van der Waals surface area (Å²) >= 11 is 0. The monoisotopic (exact) mass is 388 g/mol. The summed E-state index contributed by atoms with van der Waals surface area (Å²) in [6.07, 6.45) is 4.49. The summed E-state index contributed by atoms with van der Waals surface area (Å²) in [4.78, 5) is 0. The first-order chi connectivity index (χ1) is 11.2. The predicted molar refractivity (Wildman–Crippen MR) is 92.7 cm³/mol. The molecule has 4 heteroatoms. The van der Waals surface area contributed by atoms with Gasteiger partial charge in [0.25, 0.3) is 0 Å². The van der Waals surface area contributed by atoms with Crippen LogP contribution >= 0.6 is 0 Å². The number of hydrogen-bond donors (Lipinski definition) is 0. The van der Waals surface area contributed by atoms with E-state index in [9.17, 15) is 0 Å². The summed E-state index contributed by atoms with van der Waals surface area (Å²) in [5.41, 5.74) is 4.94. The molecule has 0 saturated carbocycles. The molecule has 0 fully saturated rings. The summed E-state index contributed by atoms with van der Waals surface area (Å²) in [7, 11) is 0. The zero-order chi connectivity index (χ0) is 16.2. The molecule has 0 amide bonds. The Morgan fingerprint density at radius 2 is 1.79 bits per heavy atom. The minimum Gasteiger partial charge on any atom is -1.00 e. The van der Waals surface area contributed by atoms with E-state index in [0.29, 0.717) is 6.61 Å². The molecule has 0 bridgehead atoms. The van der Waals surface area contributed by atoms with Crippen LogP contribution in [0.1, 0.15) is 36.7 Å². The normalized spacial score (nSPS) is 10.6. The molecule has 0 radical (unpaired) electrons. The molecule has 0 aliphatic rings. The molecule has 2 aromatic heterocycles. The first kappa shape index (κ1) is 18.5. The van der Waals surface area contributed by atoms with Crippen molar-refractivity contribution in [3.8, 4) is 5.75 Å². The van der Waals surface area contributed by atoms with Gasteiger partial charge in [0.15, 0.2) is 0 Å². The third-order valence-corrected chi connectivity index (χ3v) is 4.45. The van der Waals surface area contributed by atoms with E-state index < -0.39 is 0 Å². The third-order valence-electron chi connectivity index (χ3n) is 4.45. The number of nitrogens with zero attached hydrogens (tertiary/aromatic N) is 2. The van der Waals surface area contributed by atoms with Crippen LogP contribution in [0.3, 0.4) is 0 Å². The SMILES string of the molecule is CCCC[n+]1c(C)c(C)n2cccc(OCc3ccccc3)c21.[Br-]. The van der Waals surface area contributed by atoms with Gasteiger partial charge in [-0.2, -0.15) is 4.40 Å². The number of fused-ring (bicyclic) bond motifs is 1. The quantitative estimate of drug-likeness (QED) is 0.580. The molecule has 0 spiro atoms. The number of benzene rings is 1. The number of rotatable bonds is 6. The maximum absolute atomic E-state index is 6.15. The molecule has 0 aliphatic heterocycles. The highest BCUT2D eigenvalue weighted by molar-refractivity contribution is 5.51. The molecular weight excluding hydrogens is 364 g/mol. The smallest absolute Gasteiger partial charge is 0.329 e. The van der Waals surface area contributed by atoms with Gasteiger partial charge in [0.05, 0.1) is 12.7 Å². The van der Waals surface area contributed by atoms with Crippen LogP contribution in [0, 0.1) is 13.8 Å². The first-order valence-electron chi connectivity index (χ1n) is 8.39. The summed E-state index contributed by atoms with van der Waals surface area (Å²) in [5.74, 6) is 0.948. The van der Waals surface area contributed by atoms with E-state index in [1.54, 1.807) is 0 Å². The number of pyridine rings is 1. The van der Waals surface area contributed by atoms with E-state index in [1.165, 1.54) is 29.8 Å². The lowest BCUT2D eigenvalue weighted by molar-refractivity contribution is -0.677. The number of halogens is 1. The van der Waals surface area contributed by atoms with Crippen molar-refractivity contribution in [2.24, 2.45) is 0 Å². The number of hydrogen-bond acceptors (Lipinski definition) is 1. The highest BCUT2D eigenvalue weighted by Crippen LogP contribution is 2.21. The molecule has 3 aromatic rings. The number of ether oxygens (including phenoxy) is 1. The summed E-state index contributed by atoms with van der Waals surface area (Å²) < 4.78 is 10.8. The van der Waals surface area contributed by atoms with Crippen molar-refractivity contribution in [1.29, 1.82) is 0 Å². The Balaban J connectivity index is 0.00000208.